The fourth-order valence-corrected chi connectivity index (χ4v) is 4.22. The summed E-state index contributed by atoms with van der Waals surface area (Å²) in [5, 5.41) is 10.4. The van der Waals surface area contributed by atoms with Gasteiger partial charge in [0.1, 0.15) is 5.82 Å². The van der Waals surface area contributed by atoms with Gasteiger partial charge in [0.25, 0.3) is 0 Å². The monoisotopic (exact) mass is 411 g/mol. The van der Waals surface area contributed by atoms with Gasteiger partial charge in [-0.05, 0) is 48.9 Å². The molecular formula is C23H26FN3O3. The minimum absolute atomic E-state index is 0.189. The Labute approximate surface area is 175 Å². The van der Waals surface area contributed by atoms with Gasteiger partial charge in [0.05, 0.1) is 32.9 Å². The highest BCUT2D eigenvalue weighted by Crippen LogP contribution is 2.45. The van der Waals surface area contributed by atoms with Crippen molar-refractivity contribution in [1.82, 2.24) is 10.2 Å². The first kappa shape index (κ1) is 20.2. The first-order chi connectivity index (χ1) is 14.6. The molecule has 0 N–H and O–H groups in total. The van der Waals surface area contributed by atoms with Crippen LogP contribution in [0.1, 0.15) is 18.4 Å². The van der Waals surface area contributed by atoms with E-state index in [0.717, 1.165) is 48.9 Å². The van der Waals surface area contributed by atoms with Crippen molar-refractivity contribution in [3.05, 3.63) is 47.9 Å². The predicted octanol–water partition coefficient (Wildman–Crippen LogP) is 4.25. The third-order valence-corrected chi connectivity index (χ3v) is 5.80. The first-order valence-corrected chi connectivity index (χ1v) is 10.1. The SMILES string of the molecule is COc1cc2c(N3CCC(Cc4ccc(F)cc4)CC3)nncc2c(OC)c1OC. The van der Waals surface area contributed by atoms with Crippen LogP contribution in [0, 0.1) is 11.7 Å². The Hall–Kier alpha value is -3.09. The van der Waals surface area contributed by atoms with Gasteiger partial charge in [0.15, 0.2) is 17.3 Å². The number of fused-ring (bicyclic) bond motifs is 1. The van der Waals surface area contributed by atoms with E-state index in [9.17, 15) is 4.39 Å². The predicted molar refractivity (Wildman–Crippen MR) is 114 cm³/mol. The summed E-state index contributed by atoms with van der Waals surface area (Å²) >= 11 is 0. The third kappa shape index (κ3) is 3.84. The number of hydrogen-bond acceptors (Lipinski definition) is 6. The molecule has 1 saturated heterocycles. The number of benzene rings is 2. The minimum atomic E-state index is -0.189. The van der Waals surface area contributed by atoms with Crippen LogP contribution in [0.5, 0.6) is 17.2 Å². The van der Waals surface area contributed by atoms with Crippen molar-refractivity contribution in [2.24, 2.45) is 5.92 Å². The number of anilines is 1. The number of piperidine rings is 1. The van der Waals surface area contributed by atoms with Gasteiger partial charge in [-0.15, -0.1) is 5.10 Å². The molecule has 6 nitrogen and oxygen atoms in total. The van der Waals surface area contributed by atoms with Crippen molar-refractivity contribution in [3.8, 4) is 17.2 Å². The molecule has 158 valence electrons. The van der Waals surface area contributed by atoms with Gasteiger partial charge in [0, 0.05) is 18.5 Å². The second kappa shape index (κ2) is 8.73. The number of ether oxygens (including phenoxy) is 3. The van der Waals surface area contributed by atoms with Crippen LogP contribution in [-0.2, 0) is 6.42 Å². The Morgan fingerprint density at radius 3 is 2.30 bits per heavy atom. The molecule has 4 rings (SSSR count). The fraction of sp³-hybridized carbons (Fsp3) is 0.391. The largest absolute Gasteiger partial charge is 0.493 e. The molecule has 1 fully saturated rings. The number of rotatable bonds is 6. The second-order valence-corrected chi connectivity index (χ2v) is 7.54. The second-order valence-electron chi connectivity index (χ2n) is 7.54. The van der Waals surface area contributed by atoms with E-state index in [2.05, 4.69) is 15.1 Å². The molecule has 0 spiro atoms. The van der Waals surface area contributed by atoms with E-state index in [-0.39, 0.29) is 5.82 Å². The summed E-state index contributed by atoms with van der Waals surface area (Å²) in [5.41, 5.74) is 1.18. The summed E-state index contributed by atoms with van der Waals surface area (Å²) in [6.07, 6.45) is 4.74. The zero-order chi connectivity index (χ0) is 21.1. The summed E-state index contributed by atoms with van der Waals surface area (Å²) < 4.78 is 29.8. The van der Waals surface area contributed by atoms with Crippen LogP contribution in [0.25, 0.3) is 10.8 Å². The zero-order valence-electron chi connectivity index (χ0n) is 17.5. The standard InChI is InChI=1S/C23H26FN3O3/c1-28-20-13-18-19(21(29-2)22(20)30-3)14-25-26-23(18)27-10-8-16(9-11-27)12-15-4-6-17(24)7-5-15/h4-7,13-14,16H,8-12H2,1-3H3. The van der Waals surface area contributed by atoms with Crippen molar-refractivity contribution in [2.45, 2.75) is 19.3 Å². The summed E-state index contributed by atoms with van der Waals surface area (Å²) in [4.78, 5) is 2.27. The summed E-state index contributed by atoms with van der Waals surface area (Å²) in [6.45, 7) is 1.77. The van der Waals surface area contributed by atoms with Crippen molar-refractivity contribution in [3.63, 3.8) is 0 Å². The number of methoxy groups -OCH3 is 3. The van der Waals surface area contributed by atoms with E-state index >= 15 is 0 Å². The molecule has 0 aliphatic carbocycles. The van der Waals surface area contributed by atoms with Gasteiger partial charge in [-0.3, -0.25) is 0 Å². The molecule has 7 heteroatoms. The molecule has 0 radical (unpaired) electrons. The van der Waals surface area contributed by atoms with E-state index in [0.29, 0.717) is 23.2 Å². The fourth-order valence-electron chi connectivity index (χ4n) is 4.22. The van der Waals surface area contributed by atoms with Crippen molar-refractivity contribution < 1.29 is 18.6 Å². The van der Waals surface area contributed by atoms with Crippen molar-refractivity contribution in [1.29, 1.82) is 0 Å². The highest BCUT2D eigenvalue weighted by Gasteiger charge is 2.25. The molecule has 2 heterocycles. The lowest BCUT2D eigenvalue weighted by Crippen LogP contribution is -2.35. The lowest BCUT2D eigenvalue weighted by Gasteiger charge is -2.33. The molecule has 30 heavy (non-hydrogen) atoms. The maximum atomic E-state index is 13.1. The number of halogens is 1. The lowest BCUT2D eigenvalue weighted by atomic mass is 9.90. The van der Waals surface area contributed by atoms with E-state index in [1.54, 1.807) is 27.5 Å². The zero-order valence-corrected chi connectivity index (χ0v) is 17.5. The van der Waals surface area contributed by atoms with Crippen LogP contribution in [0.2, 0.25) is 0 Å². The quantitative estimate of drug-likeness (QED) is 0.604. The molecule has 3 aromatic rings. The summed E-state index contributed by atoms with van der Waals surface area (Å²) in [7, 11) is 4.81. The topological polar surface area (TPSA) is 56.7 Å². The molecule has 1 aliphatic rings. The highest BCUT2D eigenvalue weighted by molar-refractivity contribution is 5.99. The van der Waals surface area contributed by atoms with Gasteiger partial charge in [-0.25, -0.2) is 4.39 Å². The molecule has 1 aromatic heterocycles. The van der Waals surface area contributed by atoms with Crippen LogP contribution in [0.15, 0.2) is 36.5 Å². The smallest absolute Gasteiger partial charge is 0.204 e. The molecule has 0 amide bonds. The Bertz CT molecular complexity index is 1020. The minimum Gasteiger partial charge on any atom is -0.493 e. The number of nitrogens with zero attached hydrogens (tertiary/aromatic N) is 3. The maximum Gasteiger partial charge on any atom is 0.204 e. The van der Waals surface area contributed by atoms with Gasteiger partial charge < -0.3 is 19.1 Å². The molecule has 2 aromatic carbocycles. The van der Waals surface area contributed by atoms with Gasteiger partial charge in [0.2, 0.25) is 5.75 Å². The van der Waals surface area contributed by atoms with Gasteiger partial charge in [-0.2, -0.15) is 5.10 Å². The highest BCUT2D eigenvalue weighted by atomic mass is 19.1. The van der Waals surface area contributed by atoms with Crippen LogP contribution in [0.4, 0.5) is 10.2 Å². The Balaban J connectivity index is 1.57. The van der Waals surface area contributed by atoms with E-state index in [1.165, 1.54) is 17.7 Å². The Morgan fingerprint density at radius 2 is 1.67 bits per heavy atom. The van der Waals surface area contributed by atoms with Crippen LogP contribution in [0.3, 0.4) is 0 Å². The molecular weight excluding hydrogens is 385 g/mol. The maximum absolute atomic E-state index is 13.1. The molecule has 0 atom stereocenters. The Morgan fingerprint density at radius 1 is 0.967 bits per heavy atom. The van der Waals surface area contributed by atoms with E-state index in [1.807, 2.05) is 18.2 Å². The summed E-state index contributed by atoms with van der Waals surface area (Å²) in [6, 6.07) is 8.76. The average molecular weight is 411 g/mol. The molecule has 1 aliphatic heterocycles. The van der Waals surface area contributed by atoms with Crippen molar-refractivity contribution in [2.75, 3.05) is 39.3 Å². The molecule has 0 bridgehead atoms. The van der Waals surface area contributed by atoms with Gasteiger partial charge >= 0.3 is 0 Å². The summed E-state index contributed by atoms with van der Waals surface area (Å²) in [5.74, 6) is 2.94. The van der Waals surface area contributed by atoms with Gasteiger partial charge in [-0.1, -0.05) is 12.1 Å². The third-order valence-electron chi connectivity index (χ3n) is 5.80. The normalized spacial score (nSPS) is 14.7. The van der Waals surface area contributed by atoms with E-state index in [4.69, 9.17) is 14.2 Å². The first-order valence-electron chi connectivity index (χ1n) is 10.1. The number of aromatic nitrogens is 2. The molecule has 0 saturated carbocycles. The number of hydrogen-bond donors (Lipinski definition) is 0. The van der Waals surface area contributed by atoms with Crippen LogP contribution < -0.4 is 19.1 Å². The van der Waals surface area contributed by atoms with E-state index < -0.39 is 0 Å². The van der Waals surface area contributed by atoms with Crippen LogP contribution >= 0.6 is 0 Å². The molecule has 0 unspecified atom stereocenters. The Kier molecular flexibility index (Phi) is 5.88. The van der Waals surface area contributed by atoms with Crippen molar-refractivity contribution >= 4 is 16.6 Å². The lowest BCUT2D eigenvalue weighted by molar-refractivity contribution is 0.327. The van der Waals surface area contributed by atoms with Crippen LogP contribution in [-0.4, -0.2) is 44.6 Å². The average Bonchev–Trinajstić information content (AvgIpc) is 2.79.